The van der Waals surface area contributed by atoms with Gasteiger partial charge < -0.3 is 9.84 Å². The fourth-order valence-corrected chi connectivity index (χ4v) is 4.20. The van der Waals surface area contributed by atoms with Crippen molar-refractivity contribution in [2.24, 2.45) is 0 Å². The lowest BCUT2D eigenvalue weighted by molar-refractivity contribution is -0.136. The molecule has 1 N–H and O–H groups in total. The van der Waals surface area contributed by atoms with Crippen molar-refractivity contribution < 1.29 is 23.1 Å². The van der Waals surface area contributed by atoms with Gasteiger partial charge in [-0.25, -0.2) is 13.4 Å². The number of aryl methyl sites for hydroxylation is 2. The van der Waals surface area contributed by atoms with Crippen LogP contribution in [0, 0.1) is 13.8 Å². The maximum absolute atomic E-state index is 11.9. The van der Waals surface area contributed by atoms with Crippen LogP contribution < -0.4 is 4.74 Å². The van der Waals surface area contributed by atoms with Gasteiger partial charge >= 0.3 is 5.97 Å². The monoisotopic (exact) mass is 439 g/mol. The molecule has 0 atom stereocenters. The molecule has 0 fully saturated rings. The summed E-state index contributed by atoms with van der Waals surface area (Å²) in [6, 6.07) is 8.80. The summed E-state index contributed by atoms with van der Waals surface area (Å²) < 4.78 is 29.5. The minimum atomic E-state index is -3.28. The molecule has 0 amide bonds. The van der Waals surface area contributed by atoms with Crippen molar-refractivity contribution in [2.45, 2.75) is 38.0 Å². The highest BCUT2D eigenvalue weighted by molar-refractivity contribution is 7.90. The molecular weight excluding hydrogens is 414 g/mol. The van der Waals surface area contributed by atoms with Gasteiger partial charge in [0.15, 0.2) is 9.84 Å². The Morgan fingerprint density at radius 2 is 1.90 bits per heavy atom. The molecule has 0 saturated heterocycles. The minimum absolute atomic E-state index is 0.117. The van der Waals surface area contributed by atoms with Crippen LogP contribution in [0.4, 0.5) is 0 Å². The largest absolute Gasteiger partial charge is 0.481 e. The van der Waals surface area contributed by atoms with Gasteiger partial charge in [0.2, 0.25) is 5.88 Å². The van der Waals surface area contributed by atoms with Gasteiger partial charge in [-0.05, 0) is 61.6 Å². The number of rotatable bonds is 7. The van der Waals surface area contributed by atoms with Crippen molar-refractivity contribution in [3.8, 4) is 17.1 Å². The van der Waals surface area contributed by atoms with E-state index < -0.39 is 15.8 Å². The molecule has 2 aromatic rings. The van der Waals surface area contributed by atoms with Crippen molar-refractivity contribution in [1.82, 2.24) is 4.98 Å². The van der Waals surface area contributed by atoms with Crippen LogP contribution in [0.15, 0.2) is 70.9 Å². The van der Waals surface area contributed by atoms with E-state index in [1.165, 1.54) is 6.26 Å². The molecule has 1 heterocycles. The van der Waals surface area contributed by atoms with Crippen molar-refractivity contribution in [3.05, 3.63) is 77.1 Å². The molecule has 0 saturated carbocycles. The van der Waals surface area contributed by atoms with Crippen LogP contribution in [0.25, 0.3) is 11.3 Å². The van der Waals surface area contributed by atoms with E-state index in [1.807, 2.05) is 44.2 Å². The molecular formula is C24H25NO5S. The molecule has 1 aromatic heterocycles. The van der Waals surface area contributed by atoms with Crippen LogP contribution in [0.5, 0.6) is 5.88 Å². The highest BCUT2D eigenvalue weighted by Crippen LogP contribution is 2.30. The summed E-state index contributed by atoms with van der Waals surface area (Å²) in [7, 11) is -3.28. The topological polar surface area (TPSA) is 93.6 Å². The van der Waals surface area contributed by atoms with Gasteiger partial charge in [-0.15, -0.1) is 0 Å². The van der Waals surface area contributed by atoms with Gasteiger partial charge in [-0.3, -0.25) is 4.79 Å². The molecule has 162 valence electrons. The molecule has 31 heavy (non-hydrogen) atoms. The Balaban J connectivity index is 1.76. The fraction of sp³-hybridized carbons (Fsp3) is 0.250. The third-order valence-electron chi connectivity index (χ3n) is 4.98. The molecule has 1 aliphatic carbocycles. The Morgan fingerprint density at radius 1 is 1.19 bits per heavy atom. The minimum Gasteiger partial charge on any atom is -0.481 e. The van der Waals surface area contributed by atoms with E-state index in [0.29, 0.717) is 29.3 Å². The second-order valence-corrected chi connectivity index (χ2v) is 9.60. The predicted molar refractivity (Wildman–Crippen MR) is 120 cm³/mol. The smallest absolute Gasteiger partial charge is 0.303 e. The molecule has 6 nitrogen and oxygen atoms in total. The van der Waals surface area contributed by atoms with Gasteiger partial charge in [0.05, 0.1) is 16.9 Å². The van der Waals surface area contributed by atoms with Crippen molar-refractivity contribution in [1.29, 1.82) is 0 Å². The number of carbonyl (C=O) groups is 1. The van der Waals surface area contributed by atoms with Gasteiger partial charge in [-0.2, -0.15) is 0 Å². The Labute approximate surface area is 182 Å². The third-order valence-corrected chi connectivity index (χ3v) is 6.08. The number of pyridine rings is 1. The fourth-order valence-electron chi connectivity index (χ4n) is 3.42. The number of hydrogen-bond donors (Lipinski definition) is 1. The van der Waals surface area contributed by atoms with Crippen molar-refractivity contribution in [2.75, 3.05) is 6.26 Å². The van der Waals surface area contributed by atoms with Gasteiger partial charge in [0.1, 0.15) is 0 Å². The molecule has 0 spiro atoms. The van der Waals surface area contributed by atoms with E-state index in [4.69, 9.17) is 9.84 Å². The average molecular weight is 440 g/mol. The normalized spacial score (nSPS) is 15.1. The van der Waals surface area contributed by atoms with E-state index in [2.05, 4.69) is 4.98 Å². The zero-order valence-electron chi connectivity index (χ0n) is 17.8. The lowest BCUT2D eigenvalue weighted by Crippen LogP contribution is -2.01. The van der Waals surface area contributed by atoms with Gasteiger partial charge in [0.25, 0.3) is 0 Å². The maximum Gasteiger partial charge on any atom is 0.303 e. The Bertz CT molecular complexity index is 1180. The summed E-state index contributed by atoms with van der Waals surface area (Å²) in [5, 5.41) is 8.78. The van der Waals surface area contributed by atoms with E-state index in [9.17, 15) is 13.2 Å². The van der Waals surface area contributed by atoms with E-state index in [-0.39, 0.29) is 6.42 Å². The summed E-state index contributed by atoms with van der Waals surface area (Å²) in [4.78, 5) is 15.6. The van der Waals surface area contributed by atoms with Crippen LogP contribution >= 0.6 is 0 Å². The highest BCUT2D eigenvalue weighted by Gasteiger charge is 2.14. The first-order chi connectivity index (χ1) is 14.6. The van der Waals surface area contributed by atoms with E-state index in [1.54, 1.807) is 24.5 Å². The molecule has 1 aliphatic rings. The molecule has 7 heteroatoms. The molecule has 1 aromatic carbocycles. The summed E-state index contributed by atoms with van der Waals surface area (Å²) >= 11 is 0. The van der Waals surface area contributed by atoms with E-state index >= 15 is 0 Å². The number of allylic oxidation sites excluding steroid dienone is 5. The Kier molecular flexibility index (Phi) is 6.75. The number of aliphatic carboxylic acids is 1. The number of benzene rings is 1. The van der Waals surface area contributed by atoms with Crippen molar-refractivity contribution in [3.63, 3.8) is 0 Å². The standard InChI is InChI=1S/C24H25NO5S/c1-16-13-20(31(3,28)29)14-17(2)24(16)21-5-4-6-22(25-21)30-15-19-9-7-18(8-10-19)11-12-23(26)27/h4-9,13-15H,10-12H2,1-3H3,(H,26,27). The first-order valence-corrected chi connectivity index (χ1v) is 11.8. The number of carboxylic acids is 1. The third kappa shape index (κ3) is 5.92. The van der Waals surface area contributed by atoms with E-state index in [0.717, 1.165) is 27.8 Å². The number of aromatic nitrogens is 1. The number of sulfone groups is 1. The summed E-state index contributed by atoms with van der Waals surface area (Å²) in [6.45, 7) is 3.74. The zero-order valence-corrected chi connectivity index (χ0v) is 18.6. The summed E-state index contributed by atoms with van der Waals surface area (Å²) in [5.41, 5.74) is 5.21. The molecule has 0 aliphatic heterocycles. The van der Waals surface area contributed by atoms with Gasteiger partial charge in [0, 0.05) is 24.3 Å². The van der Waals surface area contributed by atoms with Crippen LogP contribution in [0.1, 0.15) is 30.4 Å². The maximum atomic E-state index is 11.9. The SMILES string of the molecule is Cc1cc(S(C)(=O)=O)cc(C)c1-c1cccc(OC=C2C=CC(CCC(=O)O)=CC2)n1. The second-order valence-electron chi connectivity index (χ2n) is 7.59. The Morgan fingerprint density at radius 3 is 2.48 bits per heavy atom. The molecule has 3 rings (SSSR count). The average Bonchev–Trinajstić information content (AvgIpc) is 2.70. The molecule has 0 radical (unpaired) electrons. The van der Waals surface area contributed by atoms with Crippen LogP contribution in [-0.4, -0.2) is 30.7 Å². The van der Waals surface area contributed by atoms with Crippen LogP contribution in [0.2, 0.25) is 0 Å². The number of nitrogens with zero attached hydrogens (tertiary/aromatic N) is 1. The summed E-state index contributed by atoms with van der Waals surface area (Å²) in [6.07, 6.45) is 9.95. The summed E-state index contributed by atoms with van der Waals surface area (Å²) in [5.74, 6) is -0.369. The highest BCUT2D eigenvalue weighted by atomic mass is 32.2. The first-order valence-electron chi connectivity index (χ1n) is 9.87. The van der Waals surface area contributed by atoms with Gasteiger partial charge in [-0.1, -0.05) is 29.9 Å². The zero-order chi connectivity index (χ0) is 22.6. The number of ether oxygens (including phenoxy) is 1. The predicted octanol–water partition coefficient (Wildman–Crippen LogP) is 4.78. The lowest BCUT2D eigenvalue weighted by Gasteiger charge is -2.13. The lowest BCUT2D eigenvalue weighted by atomic mass is 9.99. The van der Waals surface area contributed by atoms with Crippen molar-refractivity contribution >= 4 is 15.8 Å². The van der Waals surface area contributed by atoms with Crippen LogP contribution in [0.3, 0.4) is 0 Å². The molecule has 0 unspecified atom stereocenters. The van der Waals surface area contributed by atoms with Crippen LogP contribution in [-0.2, 0) is 14.6 Å². The second kappa shape index (κ2) is 9.31. The number of hydrogen-bond acceptors (Lipinski definition) is 5. The Hall–Kier alpha value is -3.19. The quantitative estimate of drug-likeness (QED) is 0.624. The first kappa shape index (κ1) is 22.5. The molecule has 0 bridgehead atoms. The number of carboxylic acid groups (broad SMARTS) is 1.